The zero-order valence-corrected chi connectivity index (χ0v) is 14.7. The number of carboxylic acid groups (broad SMARTS) is 1. The maximum Gasteiger partial charge on any atom is 1.00 e. The fraction of sp³-hybridized carbons (Fsp3) is 0.188. The topological polar surface area (TPSA) is 69.6 Å². The molecule has 0 saturated carbocycles. The predicted molar refractivity (Wildman–Crippen MR) is 76.8 cm³/mol. The molecule has 0 heterocycles. The van der Waals surface area contributed by atoms with Crippen LogP contribution < -0.4 is 39.4 Å². The van der Waals surface area contributed by atoms with E-state index >= 15 is 0 Å². The number of aliphatic carboxylic acids is 1. The minimum Gasteiger partial charge on any atom is -0.872 e. The minimum atomic E-state index is -0.745. The molecule has 0 unspecified atom stereocenters. The van der Waals surface area contributed by atoms with Crippen LogP contribution >= 0.6 is 0 Å². The van der Waals surface area contributed by atoms with Crippen LogP contribution in [-0.2, 0) is 4.79 Å². The van der Waals surface area contributed by atoms with Crippen LogP contribution in [-0.4, -0.2) is 18.2 Å². The second kappa shape index (κ2) is 14.9. The molecule has 1 N–H and O–H groups in total. The van der Waals surface area contributed by atoms with Crippen LogP contribution in [0.25, 0.3) is 0 Å². The van der Waals surface area contributed by atoms with Gasteiger partial charge >= 0.3 is 35.5 Å². The number of hydrogen-bond acceptors (Lipinski definition) is 3. The SMILES string of the molecule is CCC(=O)O.COc1ccccc1.[Na+].[O-]c1ccccc1. The van der Waals surface area contributed by atoms with Crippen LogP contribution in [0.3, 0.4) is 0 Å². The molecule has 0 aromatic heterocycles. The maximum atomic E-state index is 10.3. The smallest absolute Gasteiger partial charge is 0.872 e. The Bertz CT molecular complexity index is 460. The van der Waals surface area contributed by atoms with Gasteiger partial charge in [-0.1, -0.05) is 55.5 Å². The fourth-order valence-electron chi connectivity index (χ4n) is 0.977. The van der Waals surface area contributed by atoms with E-state index in [1.54, 1.807) is 26.2 Å². The van der Waals surface area contributed by atoms with Crippen molar-refractivity contribution in [2.24, 2.45) is 0 Å². The van der Waals surface area contributed by atoms with E-state index in [-0.39, 0.29) is 41.7 Å². The second-order valence-electron chi connectivity index (χ2n) is 3.58. The number of methoxy groups -OCH3 is 1. The van der Waals surface area contributed by atoms with Crippen LogP contribution in [0.1, 0.15) is 13.3 Å². The summed E-state index contributed by atoms with van der Waals surface area (Å²) in [6, 6.07) is 18.0. The summed E-state index contributed by atoms with van der Waals surface area (Å²) < 4.78 is 4.91. The van der Waals surface area contributed by atoms with E-state index in [0.717, 1.165) is 5.75 Å². The van der Waals surface area contributed by atoms with Gasteiger partial charge in [-0.3, -0.25) is 4.79 Å². The third-order valence-electron chi connectivity index (χ3n) is 2.02. The molecule has 0 radical (unpaired) electrons. The first-order valence-electron chi connectivity index (χ1n) is 6.13. The molecular formula is C16H19NaO4. The molecule has 0 atom stereocenters. The molecule has 0 aliphatic carbocycles. The van der Waals surface area contributed by atoms with Gasteiger partial charge in [-0.25, -0.2) is 0 Å². The van der Waals surface area contributed by atoms with Crippen LogP contribution in [0.2, 0.25) is 0 Å². The Hall–Kier alpha value is -1.49. The molecule has 4 nitrogen and oxygen atoms in total. The van der Waals surface area contributed by atoms with Gasteiger partial charge < -0.3 is 14.9 Å². The van der Waals surface area contributed by atoms with E-state index in [4.69, 9.17) is 9.84 Å². The van der Waals surface area contributed by atoms with E-state index in [0.29, 0.717) is 0 Å². The maximum absolute atomic E-state index is 10.3. The molecule has 0 spiro atoms. The van der Waals surface area contributed by atoms with Crippen LogP contribution in [0.5, 0.6) is 11.5 Å². The molecule has 0 aliphatic heterocycles. The number of hydrogen-bond donors (Lipinski definition) is 1. The van der Waals surface area contributed by atoms with Crippen molar-refractivity contribution in [2.45, 2.75) is 13.3 Å². The molecule has 2 aromatic carbocycles. The Labute approximate surface area is 147 Å². The van der Waals surface area contributed by atoms with Crippen molar-refractivity contribution in [2.75, 3.05) is 7.11 Å². The Kier molecular flexibility index (Phi) is 15.5. The molecule has 2 rings (SSSR count). The fourth-order valence-corrected chi connectivity index (χ4v) is 0.977. The first-order chi connectivity index (χ1) is 9.60. The molecule has 5 heteroatoms. The average Bonchev–Trinajstić information content (AvgIpc) is 2.50. The van der Waals surface area contributed by atoms with Gasteiger partial charge in [0, 0.05) is 6.42 Å². The third-order valence-corrected chi connectivity index (χ3v) is 2.02. The summed E-state index contributed by atoms with van der Waals surface area (Å²) in [6.45, 7) is 1.60. The number of benzene rings is 2. The average molecular weight is 298 g/mol. The summed E-state index contributed by atoms with van der Waals surface area (Å²) in [4.78, 5) is 9.37. The van der Waals surface area contributed by atoms with Gasteiger partial charge in [0.1, 0.15) is 5.75 Å². The molecule has 2 aromatic rings. The monoisotopic (exact) mass is 298 g/mol. The first-order valence-corrected chi connectivity index (χ1v) is 6.13. The van der Waals surface area contributed by atoms with E-state index in [9.17, 15) is 9.90 Å². The number of ether oxygens (including phenoxy) is 1. The summed E-state index contributed by atoms with van der Waals surface area (Å²) in [5.74, 6) is 0.236. The van der Waals surface area contributed by atoms with Crippen LogP contribution in [0.15, 0.2) is 60.7 Å². The van der Waals surface area contributed by atoms with Crippen molar-refractivity contribution in [3.63, 3.8) is 0 Å². The molecule has 0 aliphatic rings. The Morgan fingerprint density at radius 1 is 1.05 bits per heavy atom. The van der Waals surface area contributed by atoms with E-state index < -0.39 is 5.97 Å². The first kappa shape index (κ1) is 21.8. The molecular weight excluding hydrogens is 279 g/mol. The molecule has 0 saturated heterocycles. The molecule has 21 heavy (non-hydrogen) atoms. The summed E-state index contributed by atoms with van der Waals surface area (Å²) >= 11 is 0. The van der Waals surface area contributed by atoms with Gasteiger partial charge in [0.2, 0.25) is 0 Å². The largest absolute Gasteiger partial charge is 1.00 e. The van der Waals surface area contributed by atoms with Crippen molar-refractivity contribution in [1.82, 2.24) is 0 Å². The summed E-state index contributed by atoms with van der Waals surface area (Å²) in [6.07, 6.45) is 0.222. The summed E-state index contributed by atoms with van der Waals surface area (Å²) in [5, 5.41) is 18.0. The standard InChI is InChI=1S/C7H8O.C6H6O.C3H6O2.Na/c1-8-7-5-3-2-4-6-7;7-6-4-2-1-3-5-6;1-2-3(4)5;/h2-6H,1H3;1-5,7H;2H2,1H3,(H,4,5);/q;;;+1/p-1. The van der Waals surface area contributed by atoms with Crippen LogP contribution in [0.4, 0.5) is 0 Å². The zero-order valence-electron chi connectivity index (χ0n) is 12.7. The van der Waals surface area contributed by atoms with Crippen molar-refractivity contribution in [3.05, 3.63) is 60.7 Å². The minimum absolute atomic E-state index is 0. The summed E-state index contributed by atoms with van der Waals surface area (Å²) in [7, 11) is 1.66. The number of carboxylic acids is 1. The van der Waals surface area contributed by atoms with Crippen molar-refractivity contribution in [1.29, 1.82) is 0 Å². The van der Waals surface area contributed by atoms with Crippen molar-refractivity contribution < 1.29 is 49.3 Å². The number of carbonyl (C=O) groups is 1. The number of para-hydroxylation sites is 2. The molecule has 0 amide bonds. The van der Waals surface area contributed by atoms with Gasteiger partial charge in [-0.2, -0.15) is 0 Å². The third kappa shape index (κ3) is 14.7. The van der Waals surface area contributed by atoms with Crippen molar-refractivity contribution in [3.8, 4) is 11.5 Å². The normalized spacial score (nSPS) is 7.90. The van der Waals surface area contributed by atoms with Gasteiger partial charge in [-0.05, 0) is 12.1 Å². The Morgan fingerprint density at radius 3 is 1.62 bits per heavy atom. The summed E-state index contributed by atoms with van der Waals surface area (Å²) in [5.41, 5.74) is 0. The van der Waals surface area contributed by atoms with Gasteiger partial charge in [0.15, 0.2) is 0 Å². The van der Waals surface area contributed by atoms with Gasteiger partial charge in [0.25, 0.3) is 0 Å². The molecule has 0 fully saturated rings. The zero-order chi connectivity index (χ0) is 15.2. The van der Waals surface area contributed by atoms with Gasteiger partial charge in [0.05, 0.1) is 7.11 Å². The number of rotatable bonds is 2. The quantitative estimate of drug-likeness (QED) is 0.789. The predicted octanol–water partition coefficient (Wildman–Crippen LogP) is -0.0596. The Morgan fingerprint density at radius 2 is 1.43 bits per heavy atom. The van der Waals surface area contributed by atoms with Crippen LogP contribution in [0, 0.1) is 0 Å². The Balaban J connectivity index is 0. The molecule has 108 valence electrons. The van der Waals surface area contributed by atoms with E-state index in [1.165, 1.54) is 12.1 Å². The van der Waals surface area contributed by atoms with Gasteiger partial charge in [-0.15, -0.1) is 5.75 Å². The van der Waals surface area contributed by atoms with E-state index in [2.05, 4.69) is 0 Å². The van der Waals surface area contributed by atoms with Crippen molar-refractivity contribution >= 4 is 5.97 Å². The molecule has 0 bridgehead atoms. The van der Waals surface area contributed by atoms with E-state index in [1.807, 2.05) is 36.4 Å². The second-order valence-corrected chi connectivity index (χ2v) is 3.58.